The minimum Gasteiger partial charge on any atom is -0.339 e. The molecule has 7 heteroatoms. The Balaban J connectivity index is 1.27. The van der Waals surface area contributed by atoms with E-state index in [-0.39, 0.29) is 11.8 Å². The van der Waals surface area contributed by atoms with Crippen LogP contribution in [0.3, 0.4) is 0 Å². The van der Waals surface area contributed by atoms with Crippen molar-refractivity contribution in [3.63, 3.8) is 0 Å². The van der Waals surface area contributed by atoms with Crippen LogP contribution in [0.5, 0.6) is 0 Å². The molecule has 0 spiro atoms. The molecule has 0 saturated carbocycles. The van der Waals surface area contributed by atoms with E-state index in [0.29, 0.717) is 0 Å². The highest BCUT2D eigenvalue weighted by molar-refractivity contribution is 5.80. The van der Waals surface area contributed by atoms with Crippen molar-refractivity contribution in [2.24, 2.45) is 5.92 Å². The zero-order chi connectivity index (χ0) is 18.2. The van der Waals surface area contributed by atoms with Gasteiger partial charge in [0.1, 0.15) is 5.65 Å². The molecule has 1 fully saturated rings. The van der Waals surface area contributed by atoms with E-state index in [9.17, 15) is 4.79 Å². The Hall–Kier alpha value is -2.96. The Labute approximate surface area is 157 Å². The van der Waals surface area contributed by atoms with Gasteiger partial charge in [0.05, 0.1) is 5.69 Å². The normalized spacial score (nSPS) is 19.9. The second-order valence-corrected chi connectivity index (χ2v) is 7.23. The van der Waals surface area contributed by atoms with E-state index >= 15 is 0 Å². The van der Waals surface area contributed by atoms with Gasteiger partial charge >= 0.3 is 0 Å². The standard InChI is InChI=1S/C20H22N6O/c27-19(24-10-12-25(13-11-24)20-21-7-3-8-22-20)15-5-6-16-17(14-15)26-9-2-1-4-18(26)23-16/h1-4,7-9,15H,5-6,10-14H2. The molecule has 138 valence electrons. The van der Waals surface area contributed by atoms with E-state index in [0.717, 1.165) is 62.7 Å². The molecule has 1 unspecified atom stereocenters. The summed E-state index contributed by atoms with van der Waals surface area (Å²) in [7, 11) is 0. The van der Waals surface area contributed by atoms with Gasteiger partial charge in [0.15, 0.2) is 0 Å². The molecular formula is C20H22N6O. The topological polar surface area (TPSA) is 66.6 Å². The first-order valence-corrected chi connectivity index (χ1v) is 9.55. The van der Waals surface area contributed by atoms with Crippen LogP contribution in [0, 0.1) is 5.92 Å². The van der Waals surface area contributed by atoms with Gasteiger partial charge in [0, 0.05) is 62.8 Å². The molecule has 4 heterocycles. The lowest BCUT2D eigenvalue weighted by atomic mass is 9.88. The van der Waals surface area contributed by atoms with E-state index in [1.807, 2.05) is 35.4 Å². The first kappa shape index (κ1) is 16.2. The zero-order valence-electron chi connectivity index (χ0n) is 15.2. The van der Waals surface area contributed by atoms with Gasteiger partial charge in [-0.25, -0.2) is 15.0 Å². The van der Waals surface area contributed by atoms with E-state index < -0.39 is 0 Å². The SMILES string of the molecule is O=C(C1CCc2nc3ccccn3c2C1)N1CCN(c2ncccn2)CC1. The lowest BCUT2D eigenvalue weighted by Crippen LogP contribution is -2.51. The smallest absolute Gasteiger partial charge is 0.226 e. The second-order valence-electron chi connectivity index (χ2n) is 7.23. The van der Waals surface area contributed by atoms with Crippen LogP contribution in [-0.4, -0.2) is 56.3 Å². The third kappa shape index (κ3) is 2.93. The summed E-state index contributed by atoms with van der Waals surface area (Å²) in [6.45, 7) is 3.02. The van der Waals surface area contributed by atoms with Crippen LogP contribution >= 0.6 is 0 Å². The summed E-state index contributed by atoms with van der Waals surface area (Å²) in [6.07, 6.45) is 8.11. The summed E-state index contributed by atoms with van der Waals surface area (Å²) in [5.74, 6) is 1.08. The van der Waals surface area contributed by atoms with Crippen LogP contribution in [-0.2, 0) is 17.6 Å². The maximum Gasteiger partial charge on any atom is 0.226 e. The van der Waals surface area contributed by atoms with Crippen molar-refractivity contribution in [1.82, 2.24) is 24.3 Å². The average molecular weight is 362 g/mol. The molecular weight excluding hydrogens is 340 g/mol. The number of hydrogen-bond donors (Lipinski definition) is 0. The average Bonchev–Trinajstić information content (AvgIpc) is 3.12. The molecule has 3 aromatic heterocycles. The lowest BCUT2D eigenvalue weighted by molar-refractivity contribution is -0.136. The molecule has 7 nitrogen and oxygen atoms in total. The molecule has 0 bridgehead atoms. The van der Waals surface area contributed by atoms with E-state index in [2.05, 4.69) is 19.3 Å². The van der Waals surface area contributed by atoms with Gasteiger partial charge in [-0.1, -0.05) is 6.07 Å². The molecule has 3 aromatic rings. The van der Waals surface area contributed by atoms with Gasteiger partial charge in [-0.15, -0.1) is 0 Å². The number of pyridine rings is 1. The van der Waals surface area contributed by atoms with Gasteiger partial charge in [-0.2, -0.15) is 0 Å². The van der Waals surface area contributed by atoms with Crippen LogP contribution in [0.1, 0.15) is 17.8 Å². The molecule has 0 radical (unpaired) electrons. The number of imidazole rings is 1. The van der Waals surface area contributed by atoms with Gasteiger partial charge in [0.25, 0.3) is 0 Å². The van der Waals surface area contributed by atoms with Crippen molar-refractivity contribution >= 4 is 17.5 Å². The molecule has 1 aliphatic carbocycles. The molecule has 1 aliphatic heterocycles. The third-order valence-electron chi connectivity index (χ3n) is 5.66. The van der Waals surface area contributed by atoms with Crippen molar-refractivity contribution < 1.29 is 4.79 Å². The second kappa shape index (κ2) is 6.64. The minimum absolute atomic E-state index is 0.0529. The molecule has 0 aromatic carbocycles. The van der Waals surface area contributed by atoms with Crippen molar-refractivity contribution in [1.29, 1.82) is 0 Å². The number of anilines is 1. The molecule has 27 heavy (non-hydrogen) atoms. The number of piperazine rings is 1. The Morgan fingerprint density at radius 1 is 1.04 bits per heavy atom. The third-order valence-corrected chi connectivity index (χ3v) is 5.66. The quantitative estimate of drug-likeness (QED) is 0.692. The number of amides is 1. The number of hydrogen-bond acceptors (Lipinski definition) is 5. The van der Waals surface area contributed by atoms with Gasteiger partial charge in [0.2, 0.25) is 11.9 Å². The Morgan fingerprint density at radius 3 is 2.67 bits per heavy atom. The predicted molar refractivity (Wildman–Crippen MR) is 102 cm³/mol. The summed E-state index contributed by atoms with van der Waals surface area (Å²) in [5.41, 5.74) is 3.33. The molecule has 5 rings (SSSR count). The molecule has 1 amide bonds. The van der Waals surface area contributed by atoms with E-state index in [1.54, 1.807) is 12.4 Å². The summed E-state index contributed by atoms with van der Waals surface area (Å²) in [4.78, 5) is 30.6. The van der Waals surface area contributed by atoms with Crippen molar-refractivity contribution in [2.45, 2.75) is 19.3 Å². The largest absolute Gasteiger partial charge is 0.339 e. The number of aryl methyl sites for hydroxylation is 1. The van der Waals surface area contributed by atoms with Crippen LogP contribution in [0.25, 0.3) is 5.65 Å². The monoisotopic (exact) mass is 362 g/mol. The van der Waals surface area contributed by atoms with Gasteiger partial charge in [-0.3, -0.25) is 4.79 Å². The molecule has 1 saturated heterocycles. The van der Waals surface area contributed by atoms with Crippen LogP contribution in [0.4, 0.5) is 5.95 Å². The van der Waals surface area contributed by atoms with Gasteiger partial charge in [-0.05, 0) is 31.0 Å². The highest BCUT2D eigenvalue weighted by atomic mass is 16.2. The number of carbonyl (C=O) groups excluding carboxylic acids is 1. The number of nitrogens with zero attached hydrogens (tertiary/aromatic N) is 6. The van der Waals surface area contributed by atoms with Crippen LogP contribution < -0.4 is 4.90 Å². The Kier molecular flexibility index (Phi) is 3.99. The maximum absolute atomic E-state index is 13.1. The summed E-state index contributed by atoms with van der Waals surface area (Å²) < 4.78 is 2.14. The van der Waals surface area contributed by atoms with Crippen LogP contribution in [0.2, 0.25) is 0 Å². The van der Waals surface area contributed by atoms with Crippen molar-refractivity contribution in [3.05, 3.63) is 54.2 Å². The first-order valence-electron chi connectivity index (χ1n) is 9.55. The van der Waals surface area contributed by atoms with Gasteiger partial charge < -0.3 is 14.2 Å². The Morgan fingerprint density at radius 2 is 1.85 bits per heavy atom. The van der Waals surface area contributed by atoms with Crippen molar-refractivity contribution in [3.8, 4) is 0 Å². The predicted octanol–water partition coefficient (Wildman–Crippen LogP) is 1.58. The van der Waals surface area contributed by atoms with E-state index in [1.165, 1.54) is 5.69 Å². The number of carbonyl (C=O) groups is 1. The molecule has 0 N–H and O–H groups in total. The number of rotatable bonds is 2. The van der Waals surface area contributed by atoms with Crippen molar-refractivity contribution in [2.75, 3.05) is 31.1 Å². The zero-order valence-corrected chi connectivity index (χ0v) is 15.2. The summed E-state index contributed by atoms with van der Waals surface area (Å²) in [5, 5.41) is 0. The minimum atomic E-state index is 0.0529. The Bertz CT molecular complexity index is 961. The highest BCUT2D eigenvalue weighted by Crippen LogP contribution is 2.28. The fourth-order valence-corrected chi connectivity index (χ4v) is 4.21. The highest BCUT2D eigenvalue weighted by Gasteiger charge is 2.32. The fourth-order valence-electron chi connectivity index (χ4n) is 4.21. The molecule has 1 atom stereocenters. The summed E-state index contributed by atoms with van der Waals surface area (Å²) >= 11 is 0. The molecule has 2 aliphatic rings. The first-order chi connectivity index (χ1) is 13.3. The lowest BCUT2D eigenvalue weighted by Gasteiger charge is -2.37. The number of aromatic nitrogens is 4. The van der Waals surface area contributed by atoms with Crippen LogP contribution in [0.15, 0.2) is 42.9 Å². The number of fused-ring (bicyclic) bond motifs is 3. The maximum atomic E-state index is 13.1. The van der Waals surface area contributed by atoms with E-state index in [4.69, 9.17) is 4.98 Å². The fraction of sp³-hybridized carbons (Fsp3) is 0.400. The summed E-state index contributed by atoms with van der Waals surface area (Å²) in [6, 6.07) is 7.87.